The van der Waals surface area contributed by atoms with Gasteiger partial charge in [-0.3, -0.25) is 4.79 Å². The number of rotatable bonds is 5. The third-order valence-corrected chi connectivity index (χ3v) is 3.70. The van der Waals surface area contributed by atoms with Crippen molar-refractivity contribution < 1.29 is 9.53 Å². The standard InChI is InChI=1S/C13H14ClN3O2S/c1-19-11-3-2-8(14)6-9(11)17-13(18)10-7-20-12(16-10)4-5-15/h2-3,6-7H,4-5,15H2,1H3,(H,17,18). The third kappa shape index (κ3) is 3.47. The van der Waals surface area contributed by atoms with Gasteiger partial charge in [0.25, 0.3) is 5.91 Å². The van der Waals surface area contributed by atoms with E-state index >= 15 is 0 Å². The normalized spacial score (nSPS) is 10.3. The van der Waals surface area contributed by atoms with Crippen molar-refractivity contribution in [3.63, 3.8) is 0 Å². The fraction of sp³-hybridized carbons (Fsp3) is 0.231. The van der Waals surface area contributed by atoms with Crippen molar-refractivity contribution in [3.05, 3.63) is 39.3 Å². The molecule has 20 heavy (non-hydrogen) atoms. The summed E-state index contributed by atoms with van der Waals surface area (Å²) in [7, 11) is 1.53. The topological polar surface area (TPSA) is 77.2 Å². The van der Waals surface area contributed by atoms with Gasteiger partial charge in [0.05, 0.1) is 17.8 Å². The average molecular weight is 312 g/mol. The van der Waals surface area contributed by atoms with Crippen LogP contribution in [0.3, 0.4) is 0 Å². The molecule has 3 N–H and O–H groups in total. The first kappa shape index (κ1) is 14.8. The second-order valence-corrected chi connectivity index (χ2v) is 5.34. The fourth-order valence-corrected chi connectivity index (χ4v) is 2.58. The van der Waals surface area contributed by atoms with Crippen molar-refractivity contribution in [2.24, 2.45) is 5.73 Å². The number of hydrogen-bond acceptors (Lipinski definition) is 5. The minimum absolute atomic E-state index is 0.301. The second kappa shape index (κ2) is 6.69. The van der Waals surface area contributed by atoms with Crippen molar-refractivity contribution in [1.82, 2.24) is 4.98 Å². The minimum atomic E-state index is -0.301. The highest BCUT2D eigenvalue weighted by atomic mass is 35.5. The van der Waals surface area contributed by atoms with Crippen molar-refractivity contribution in [2.75, 3.05) is 19.0 Å². The largest absolute Gasteiger partial charge is 0.495 e. The summed E-state index contributed by atoms with van der Waals surface area (Å²) in [6, 6.07) is 5.02. The molecule has 1 aromatic carbocycles. The van der Waals surface area contributed by atoms with E-state index in [2.05, 4.69) is 10.3 Å². The van der Waals surface area contributed by atoms with Crippen LogP contribution in [0.1, 0.15) is 15.5 Å². The first-order chi connectivity index (χ1) is 9.63. The third-order valence-electron chi connectivity index (χ3n) is 2.55. The molecule has 106 valence electrons. The van der Waals surface area contributed by atoms with Gasteiger partial charge >= 0.3 is 0 Å². The molecule has 0 bridgehead atoms. The van der Waals surface area contributed by atoms with Crippen LogP contribution in [0.15, 0.2) is 23.6 Å². The molecule has 0 saturated carbocycles. The first-order valence-electron chi connectivity index (χ1n) is 5.93. The molecule has 0 fully saturated rings. The smallest absolute Gasteiger partial charge is 0.275 e. The monoisotopic (exact) mass is 311 g/mol. The van der Waals surface area contributed by atoms with Gasteiger partial charge in [0.1, 0.15) is 11.4 Å². The fourth-order valence-electron chi connectivity index (χ4n) is 1.62. The van der Waals surface area contributed by atoms with Gasteiger partial charge in [-0.05, 0) is 24.7 Å². The van der Waals surface area contributed by atoms with E-state index < -0.39 is 0 Å². The predicted molar refractivity (Wildman–Crippen MR) is 80.8 cm³/mol. The van der Waals surface area contributed by atoms with Gasteiger partial charge in [-0.15, -0.1) is 11.3 Å². The number of carbonyl (C=O) groups excluding carboxylic acids is 1. The van der Waals surface area contributed by atoms with E-state index in [9.17, 15) is 4.79 Å². The number of thiazole rings is 1. The van der Waals surface area contributed by atoms with Gasteiger partial charge in [-0.2, -0.15) is 0 Å². The zero-order chi connectivity index (χ0) is 14.5. The van der Waals surface area contributed by atoms with Gasteiger partial charge in [0.2, 0.25) is 0 Å². The summed E-state index contributed by atoms with van der Waals surface area (Å²) in [6.07, 6.45) is 0.665. The summed E-state index contributed by atoms with van der Waals surface area (Å²) < 4.78 is 5.17. The number of nitrogens with one attached hydrogen (secondary N) is 1. The van der Waals surface area contributed by atoms with E-state index in [0.717, 1.165) is 5.01 Å². The van der Waals surface area contributed by atoms with Crippen LogP contribution in [0.2, 0.25) is 5.02 Å². The number of carbonyl (C=O) groups is 1. The summed E-state index contributed by atoms with van der Waals surface area (Å²) >= 11 is 7.33. The molecule has 1 aromatic heterocycles. The van der Waals surface area contributed by atoms with Crippen LogP contribution in [-0.4, -0.2) is 24.5 Å². The Morgan fingerprint density at radius 1 is 1.55 bits per heavy atom. The second-order valence-electron chi connectivity index (χ2n) is 3.96. The zero-order valence-electron chi connectivity index (χ0n) is 10.9. The van der Waals surface area contributed by atoms with Gasteiger partial charge in [-0.25, -0.2) is 4.98 Å². The predicted octanol–water partition coefficient (Wildman–Crippen LogP) is 2.56. The molecule has 7 heteroatoms. The molecule has 0 spiro atoms. The van der Waals surface area contributed by atoms with Gasteiger partial charge in [0.15, 0.2) is 0 Å². The first-order valence-corrected chi connectivity index (χ1v) is 7.19. The van der Waals surface area contributed by atoms with Crippen molar-refractivity contribution in [1.29, 1.82) is 0 Å². The summed E-state index contributed by atoms with van der Waals surface area (Å²) in [6.45, 7) is 0.511. The highest BCUT2D eigenvalue weighted by Crippen LogP contribution is 2.28. The maximum absolute atomic E-state index is 12.1. The molecule has 2 aromatic rings. The minimum Gasteiger partial charge on any atom is -0.495 e. The van der Waals surface area contributed by atoms with Crippen LogP contribution in [0.4, 0.5) is 5.69 Å². The molecule has 0 unspecified atom stereocenters. The van der Waals surface area contributed by atoms with Gasteiger partial charge < -0.3 is 15.8 Å². The number of methoxy groups -OCH3 is 1. The van der Waals surface area contributed by atoms with E-state index in [0.29, 0.717) is 35.1 Å². The summed E-state index contributed by atoms with van der Waals surface area (Å²) in [5, 5.41) is 5.80. The Morgan fingerprint density at radius 3 is 3.05 bits per heavy atom. The Labute approximate surface area is 125 Å². The lowest BCUT2D eigenvalue weighted by molar-refractivity contribution is 0.102. The van der Waals surface area contributed by atoms with Crippen LogP contribution in [0.25, 0.3) is 0 Å². The molecule has 0 aliphatic rings. The van der Waals surface area contributed by atoms with Gasteiger partial charge in [0, 0.05) is 16.8 Å². The lowest BCUT2D eigenvalue weighted by Crippen LogP contribution is -2.13. The molecular weight excluding hydrogens is 298 g/mol. The highest BCUT2D eigenvalue weighted by molar-refractivity contribution is 7.09. The number of benzene rings is 1. The molecule has 0 aliphatic heterocycles. The molecule has 2 rings (SSSR count). The molecule has 0 radical (unpaired) electrons. The van der Waals surface area contributed by atoms with Crippen LogP contribution in [0.5, 0.6) is 5.75 Å². The van der Waals surface area contributed by atoms with E-state index in [4.69, 9.17) is 22.1 Å². The zero-order valence-corrected chi connectivity index (χ0v) is 12.4. The molecule has 5 nitrogen and oxygen atoms in total. The van der Waals surface area contributed by atoms with Gasteiger partial charge in [-0.1, -0.05) is 11.6 Å². The quantitative estimate of drug-likeness (QED) is 0.889. The maximum atomic E-state index is 12.1. The number of halogens is 1. The van der Waals surface area contributed by atoms with E-state index in [-0.39, 0.29) is 5.91 Å². The molecule has 0 saturated heterocycles. The van der Waals surface area contributed by atoms with Crippen LogP contribution >= 0.6 is 22.9 Å². The number of amides is 1. The number of aromatic nitrogens is 1. The van der Waals surface area contributed by atoms with Crippen LogP contribution in [0, 0.1) is 0 Å². The Kier molecular flexibility index (Phi) is 4.94. The lowest BCUT2D eigenvalue weighted by Gasteiger charge is -2.09. The lowest BCUT2D eigenvalue weighted by atomic mass is 10.3. The SMILES string of the molecule is COc1ccc(Cl)cc1NC(=O)c1csc(CCN)n1. The maximum Gasteiger partial charge on any atom is 0.275 e. The molecule has 0 aliphatic carbocycles. The van der Waals surface area contributed by atoms with E-state index in [1.165, 1.54) is 18.4 Å². The Hall–Kier alpha value is -1.63. The molecule has 1 amide bonds. The molecule has 0 atom stereocenters. The van der Waals surface area contributed by atoms with E-state index in [1.54, 1.807) is 23.6 Å². The number of hydrogen-bond donors (Lipinski definition) is 2. The summed E-state index contributed by atoms with van der Waals surface area (Å²) in [5.41, 5.74) is 6.33. The van der Waals surface area contributed by atoms with Crippen LogP contribution < -0.4 is 15.8 Å². The summed E-state index contributed by atoms with van der Waals surface area (Å²) in [5.74, 6) is 0.241. The average Bonchev–Trinajstić information content (AvgIpc) is 2.88. The van der Waals surface area contributed by atoms with Crippen LogP contribution in [-0.2, 0) is 6.42 Å². The van der Waals surface area contributed by atoms with Crippen molar-refractivity contribution in [3.8, 4) is 5.75 Å². The Bertz CT molecular complexity index is 615. The number of anilines is 1. The summed E-state index contributed by atoms with van der Waals surface area (Å²) in [4.78, 5) is 16.3. The number of ether oxygens (including phenoxy) is 1. The Morgan fingerprint density at radius 2 is 2.35 bits per heavy atom. The molecular formula is C13H14ClN3O2S. The number of nitrogens with two attached hydrogens (primary N) is 1. The molecule has 1 heterocycles. The van der Waals surface area contributed by atoms with Crippen molar-refractivity contribution in [2.45, 2.75) is 6.42 Å². The van der Waals surface area contributed by atoms with E-state index in [1.807, 2.05) is 0 Å². The van der Waals surface area contributed by atoms with Crippen molar-refractivity contribution >= 4 is 34.5 Å². The number of nitrogens with zero attached hydrogens (tertiary/aromatic N) is 1. The Balaban J connectivity index is 2.16. The highest BCUT2D eigenvalue weighted by Gasteiger charge is 2.13.